The highest BCUT2D eigenvalue weighted by Gasteiger charge is 2.20. The van der Waals surface area contributed by atoms with Gasteiger partial charge in [-0.2, -0.15) is 0 Å². The van der Waals surface area contributed by atoms with Crippen molar-refractivity contribution in [3.05, 3.63) is 29.8 Å². The predicted molar refractivity (Wildman–Crippen MR) is 84.8 cm³/mol. The minimum absolute atomic E-state index is 0.0327. The van der Waals surface area contributed by atoms with Crippen LogP contribution in [0.4, 0.5) is 0 Å². The average molecular weight is 314 g/mol. The molecule has 1 rings (SSSR count). The van der Waals surface area contributed by atoms with Crippen LogP contribution in [0.5, 0.6) is 0 Å². The van der Waals surface area contributed by atoms with Crippen molar-refractivity contribution in [2.75, 3.05) is 25.4 Å². The van der Waals surface area contributed by atoms with Crippen LogP contribution in [0, 0.1) is 0 Å². The van der Waals surface area contributed by atoms with Crippen LogP contribution in [0.1, 0.15) is 26.3 Å². The van der Waals surface area contributed by atoms with Gasteiger partial charge >= 0.3 is 0 Å². The maximum absolute atomic E-state index is 12.4. The molecular weight excluding hydrogens is 288 g/mol. The summed E-state index contributed by atoms with van der Waals surface area (Å²) in [7, 11) is -3.33. The molecule has 1 aromatic rings. The number of aliphatic hydroxyl groups is 1. The number of nitrogens with two attached hydrogens (primary N) is 1. The monoisotopic (exact) mass is 314 g/mol. The summed E-state index contributed by atoms with van der Waals surface area (Å²) in [6.07, 6.45) is 0. The van der Waals surface area contributed by atoms with Gasteiger partial charge in [0.2, 0.25) is 0 Å². The summed E-state index contributed by atoms with van der Waals surface area (Å²) in [5, 5.41) is 9.83. The number of hydrogen-bond acceptors (Lipinski definition) is 5. The second-order valence-corrected chi connectivity index (χ2v) is 7.96. The molecule has 0 unspecified atom stereocenters. The van der Waals surface area contributed by atoms with E-state index in [2.05, 4.69) is 0 Å². The largest absolute Gasteiger partial charge is 0.389 e. The maximum atomic E-state index is 12.4. The summed E-state index contributed by atoms with van der Waals surface area (Å²) in [5.41, 5.74) is 5.52. The Morgan fingerprint density at radius 1 is 1.33 bits per heavy atom. The highest BCUT2D eigenvalue weighted by Crippen LogP contribution is 2.14. The predicted octanol–water partition coefficient (Wildman–Crippen LogP) is 1.01. The van der Waals surface area contributed by atoms with E-state index in [0.29, 0.717) is 31.1 Å². The first-order valence-corrected chi connectivity index (χ1v) is 8.79. The van der Waals surface area contributed by atoms with E-state index in [9.17, 15) is 13.5 Å². The van der Waals surface area contributed by atoms with Crippen LogP contribution in [0.3, 0.4) is 0 Å². The standard InChI is InChI=1S/C15H26N2O3S/c1-4-17(12-15(2,3)18)8-9-21(19,20)14-7-5-6-13(10-14)11-16/h5-7,10,18H,4,8-9,11-12,16H2,1-3H3. The van der Waals surface area contributed by atoms with Gasteiger partial charge in [0.1, 0.15) is 0 Å². The molecule has 3 N–H and O–H groups in total. The van der Waals surface area contributed by atoms with Crippen LogP contribution in [0.15, 0.2) is 29.2 Å². The quantitative estimate of drug-likeness (QED) is 0.748. The van der Waals surface area contributed by atoms with Gasteiger partial charge in [0, 0.05) is 19.6 Å². The Labute approximate surface area is 127 Å². The first-order chi connectivity index (χ1) is 9.68. The lowest BCUT2D eigenvalue weighted by molar-refractivity contribution is 0.0398. The van der Waals surface area contributed by atoms with Crippen LogP contribution in [-0.2, 0) is 16.4 Å². The maximum Gasteiger partial charge on any atom is 0.179 e. The van der Waals surface area contributed by atoms with Crippen LogP contribution in [-0.4, -0.2) is 49.4 Å². The van der Waals surface area contributed by atoms with Crippen molar-refractivity contribution in [3.63, 3.8) is 0 Å². The van der Waals surface area contributed by atoms with E-state index in [1.54, 1.807) is 32.0 Å². The molecule has 0 aromatic heterocycles. The van der Waals surface area contributed by atoms with E-state index in [-0.39, 0.29) is 5.75 Å². The molecule has 0 atom stereocenters. The molecule has 0 radical (unpaired) electrons. The number of nitrogens with zero attached hydrogens (tertiary/aromatic N) is 1. The normalized spacial score (nSPS) is 12.9. The number of hydrogen-bond donors (Lipinski definition) is 2. The summed E-state index contributed by atoms with van der Waals surface area (Å²) in [6, 6.07) is 6.75. The highest BCUT2D eigenvalue weighted by atomic mass is 32.2. The van der Waals surface area contributed by atoms with Gasteiger partial charge in [0.05, 0.1) is 16.2 Å². The Hall–Kier alpha value is -0.950. The van der Waals surface area contributed by atoms with Gasteiger partial charge in [-0.05, 0) is 38.1 Å². The smallest absolute Gasteiger partial charge is 0.179 e. The Morgan fingerprint density at radius 2 is 2.00 bits per heavy atom. The Bertz CT molecular complexity index is 550. The van der Waals surface area contributed by atoms with Crippen LogP contribution in [0.25, 0.3) is 0 Å². The summed E-state index contributed by atoms with van der Waals surface area (Å²) >= 11 is 0. The molecule has 5 nitrogen and oxygen atoms in total. The SMILES string of the molecule is CCN(CCS(=O)(=O)c1cccc(CN)c1)CC(C)(C)O. The summed E-state index contributed by atoms with van der Waals surface area (Å²) < 4.78 is 24.7. The zero-order valence-electron chi connectivity index (χ0n) is 13.0. The fourth-order valence-corrected chi connectivity index (χ4v) is 3.48. The summed E-state index contributed by atoms with van der Waals surface area (Å²) in [5.74, 6) is 0.0327. The minimum Gasteiger partial charge on any atom is -0.389 e. The molecule has 6 heteroatoms. The zero-order chi connectivity index (χ0) is 16.1. The molecule has 0 saturated carbocycles. The number of sulfone groups is 1. The van der Waals surface area contributed by atoms with Crippen LogP contribution >= 0.6 is 0 Å². The van der Waals surface area contributed by atoms with Gasteiger partial charge in [-0.3, -0.25) is 4.90 Å². The second kappa shape index (κ2) is 7.35. The molecule has 0 aliphatic heterocycles. The molecule has 0 amide bonds. The molecule has 21 heavy (non-hydrogen) atoms. The Kier molecular flexibility index (Phi) is 6.34. The molecule has 0 aliphatic carbocycles. The van der Waals surface area contributed by atoms with Crippen molar-refractivity contribution >= 4 is 9.84 Å². The number of rotatable bonds is 8. The van der Waals surface area contributed by atoms with E-state index in [1.807, 2.05) is 17.9 Å². The fourth-order valence-electron chi connectivity index (χ4n) is 2.13. The van der Waals surface area contributed by atoms with E-state index in [0.717, 1.165) is 5.56 Å². The van der Waals surface area contributed by atoms with Crippen molar-refractivity contribution < 1.29 is 13.5 Å². The third-order valence-electron chi connectivity index (χ3n) is 3.23. The van der Waals surface area contributed by atoms with Gasteiger partial charge in [0.25, 0.3) is 0 Å². The molecule has 1 aromatic carbocycles. The molecular formula is C15H26N2O3S. The van der Waals surface area contributed by atoms with Gasteiger partial charge in [-0.25, -0.2) is 8.42 Å². The molecule has 0 fully saturated rings. The van der Waals surface area contributed by atoms with Gasteiger partial charge in [-0.1, -0.05) is 19.1 Å². The lowest BCUT2D eigenvalue weighted by atomic mass is 10.1. The van der Waals surface area contributed by atoms with Crippen LogP contribution < -0.4 is 5.73 Å². The van der Waals surface area contributed by atoms with Crippen molar-refractivity contribution in [3.8, 4) is 0 Å². The zero-order valence-corrected chi connectivity index (χ0v) is 13.9. The molecule has 0 heterocycles. The van der Waals surface area contributed by atoms with Crippen molar-refractivity contribution in [1.82, 2.24) is 4.90 Å². The topological polar surface area (TPSA) is 83.6 Å². The summed E-state index contributed by atoms with van der Waals surface area (Å²) in [6.45, 7) is 7.25. The molecule has 0 bridgehead atoms. The van der Waals surface area contributed by atoms with E-state index < -0.39 is 15.4 Å². The Balaban J connectivity index is 2.75. The van der Waals surface area contributed by atoms with Crippen molar-refractivity contribution in [2.24, 2.45) is 5.73 Å². The van der Waals surface area contributed by atoms with E-state index in [4.69, 9.17) is 5.73 Å². The lowest BCUT2D eigenvalue weighted by Gasteiger charge is -2.27. The molecule has 120 valence electrons. The van der Waals surface area contributed by atoms with Gasteiger partial charge in [0.15, 0.2) is 9.84 Å². The van der Waals surface area contributed by atoms with Gasteiger partial charge < -0.3 is 10.8 Å². The Morgan fingerprint density at radius 3 is 2.52 bits per heavy atom. The first-order valence-electron chi connectivity index (χ1n) is 7.14. The average Bonchev–Trinajstić information content (AvgIpc) is 2.42. The third-order valence-corrected chi connectivity index (χ3v) is 4.92. The third kappa shape index (κ3) is 6.13. The van der Waals surface area contributed by atoms with Crippen molar-refractivity contribution in [1.29, 1.82) is 0 Å². The molecule has 0 saturated heterocycles. The fraction of sp³-hybridized carbons (Fsp3) is 0.600. The van der Waals surface area contributed by atoms with Crippen molar-refractivity contribution in [2.45, 2.75) is 37.8 Å². The highest BCUT2D eigenvalue weighted by molar-refractivity contribution is 7.91. The molecule has 0 aliphatic rings. The second-order valence-electron chi connectivity index (χ2n) is 5.85. The van der Waals surface area contributed by atoms with Crippen LogP contribution in [0.2, 0.25) is 0 Å². The first kappa shape index (κ1) is 18.1. The molecule has 0 spiro atoms. The van der Waals surface area contributed by atoms with E-state index >= 15 is 0 Å². The van der Waals surface area contributed by atoms with E-state index in [1.165, 1.54) is 0 Å². The summed E-state index contributed by atoms with van der Waals surface area (Å²) in [4.78, 5) is 2.24. The minimum atomic E-state index is -3.33. The van der Waals surface area contributed by atoms with Gasteiger partial charge in [-0.15, -0.1) is 0 Å². The number of likely N-dealkylation sites (N-methyl/N-ethyl adjacent to an activating group) is 1. The lowest BCUT2D eigenvalue weighted by Crippen LogP contribution is -2.40. The number of benzene rings is 1.